The zero-order valence-electron chi connectivity index (χ0n) is 43.8. The highest BCUT2D eigenvalue weighted by Crippen LogP contribution is 2.18. The first-order chi connectivity index (χ1) is 31.4. The van der Waals surface area contributed by atoms with E-state index < -0.39 is 6.10 Å². The van der Waals surface area contributed by atoms with Crippen LogP contribution in [0.5, 0.6) is 0 Å². The number of unbranched alkanes of at least 4 members (excludes halogenated alkanes) is 39. The van der Waals surface area contributed by atoms with Crippen molar-refractivity contribution < 1.29 is 28.6 Å². The molecule has 0 fully saturated rings. The molecule has 0 aromatic carbocycles. The highest BCUT2D eigenvalue weighted by Gasteiger charge is 2.19. The molecule has 0 heterocycles. The van der Waals surface area contributed by atoms with E-state index in [0.29, 0.717) is 19.3 Å². The smallest absolute Gasteiger partial charge is 0.306 e. The highest BCUT2D eigenvalue weighted by atomic mass is 16.6. The van der Waals surface area contributed by atoms with Crippen molar-refractivity contribution in [1.29, 1.82) is 0 Å². The van der Waals surface area contributed by atoms with Crippen LogP contribution in [-0.2, 0) is 28.6 Å². The molecule has 0 spiro atoms. The average molecular weight is 906 g/mol. The average Bonchev–Trinajstić information content (AvgIpc) is 3.29. The van der Waals surface area contributed by atoms with Crippen molar-refractivity contribution in [2.24, 2.45) is 5.92 Å². The molecule has 1 unspecified atom stereocenters. The molecule has 0 aliphatic carbocycles. The number of hydrogen-bond donors (Lipinski definition) is 0. The Morgan fingerprint density at radius 2 is 0.547 bits per heavy atom. The van der Waals surface area contributed by atoms with Gasteiger partial charge in [0.1, 0.15) is 13.2 Å². The second kappa shape index (κ2) is 52.4. The molecule has 0 aromatic rings. The van der Waals surface area contributed by atoms with Crippen molar-refractivity contribution in [1.82, 2.24) is 0 Å². The van der Waals surface area contributed by atoms with Crippen molar-refractivity contribution in [3.63, 3.8) is 0 Å². The maximum atomic E-state index is 12.8. The van der Waals surface area contributed by atoms with Crippen molar-refractivity contribution >= 4 is 17.9 Å². The van der Waals surface area contributed by atoms with Crippen molar-refractivity contribution in [2.45, 2.75) is 336 Å². The van der Waals surface area contributed by atoms with Gasteiger partial charge in [0, 0.05) is 19.3 Å². The zero-order valence-corrected chi connectivity index (χ0v) is 43.8. The van der Waals surface area contributed by atoms with Gasteiger partial charge in [0.15, 0.2) is 6.10 Å². The van der Waals surface area contributed by atoms with E-state index in [1.807, 2.05) is 0 Å². The van der Waals surface area contributed by atoms with Crippen molar-refractivity contribution in [3.8, 4) is 0 Å². The minimum atomic E-state index is -0.762. The second-order valence-electron chi connectivity index (χ2n) is 20.2. The molecular weight excluding hydrogens is 793 g/mol. The van der Waals surface area contributed by atoms with Crippen molar-refractivity contribution in [3.05, 3.63) is 0 Å². The van der Waals surface area contributed by atoms with E-state index in [0.717, 1.165) is 63.7 Å². The molecule has 2 atom stereocenters. The maximum Gasteiger partial charge on any atom is 0.306 e. The fraction of sp³-hybridized carbons (Fsp3) is 0.948. The van der Waals surface area contributed by atoms with E-state index in [1.165, 1.54) is 225 Å². The van der Waals surface area contributed by atoms with Gasteiger partial charge in [0.05, 0.1) is 0 Å². The number of carbonyl (C=O) groups excluding carboxylic acids is 3. The molecule has 0 saturated carbocycles. The standard InChI is InChI=1S/C58H112O6/c1-5-8-10-12-14-16-18-20-22-23-25-27-29-34-38-42-46-50-57(60)63-53-55(64-58(61)51-47-43-39-35-31-30-32-36-40-44-48-54(4)7-3)52-62-56(59)49-45-41-37-33-28-26-24-21-19-17-15-13-11-9-6-2/h54-55H,5-53H2,1-4H3/t54?,55-/m1/s1. The Morgan fingerprint density at radius 1 is 0.312 bits per heavy atom. The lowest BCUT2D eigenvalue weighted by atomic mass is 9.99. The van der Waals surface area contributed by atoms with E-state index in [4.69, 9.17) is 14.2 Å². The molecular formula is C58H112O6. The SMILES string of the molecule is CCCCCCCCCCCCCCCCCCCC(=O)OC[C@@H](COC(=O)CCCCCCCCCCCCCCCCC)OC(=O)CCCCCCCCCCCCC(C)CC. The van der Waals surface area contributed by atoms with Crippen LogP contribution in [-0.4, -0.2) is 37.2 Å². The van der Waals surface area contributed by atoms with Gasteiger partial charge in [-0.3, -0.25) is 14.4 Å². The van der Waals surface area contributed by atoms with Gasteiger partial charge in [0.25, 0.3) is 0 Å². The molecule has 0 aliphatic rings. The van der Waals surface area contributed by atoms with Crippen LogP contribution in [0, 0.1) is 5.92 Å². The van der Waals surface area contributed by atoms with Gasteiger partial charge in [-0.25, -0.2) is 0 Å². The van der Waals surface area contributed by atoms with Crippen LogP contribution in [0.15, 0.2) is 0 Å². The summed E-state index contributed by atoms with van der Waals surface area (Å²) in [6.45, 7) is 9.08. The summed E-state index contributed by atoms with van der Waals surface area (Å²) < 4.78 is 16.9. The topological polar surface area (TPSA) is 78.9 Å². The number of esters is 3. The van der Waals surface area contributed by atoms with Gasteiger partial charge in [-0.15, -0.1) is 0 Å². The third-order valence-corrected chi connectivity index (χ3v) is 13.7. The molecule has 0 radical (unpaired) electrons. The van der Waals surface area contributed by atoms with Gasteiger partial charge in [-0.2, -0.15) is 0 Å². The summed E-state index contributed by atoms with van der Waals surface area (Å²) in [6, 6.07) is 0. The predicted octanol–water partition coefficient (Wildman–Crippen LogP) is 19.0. The molecule has 0 rings (SSSR count). The Balaban J connectivity index is 4.30. The van der Waals surface area contributed by atoms with Crippen LogP contribution in [0.3, 0.4) is 0 Å². The molecule has 0 aromatic heterocycles. The van der Waals surface area contributed by atoms with Crippen molar-refractivity contribution in [2.75, 3.05) is 13.2 Å². The first kappa shape index (κ1) is 62.4. The minimum Gasteiger partial charge on any atom is -0.462 e. The Hall–Kier alpha value is -1.59. The van der Waals surface area contributed by atoms with Gasteiger partial charge < -0.3 is 14.2 Å². The number of rotatable bonds is 53. The normalized spacial score (nSPS) is 12.4. The third-order valence-electron chi connectivity index (χ3n) is 13.7. The molecule has 0 saturated heterocycles. The number of carbonyl (C=O) groups is 3. The molecule has 380 valence electrons. The van der Waals surface area contributed by atoms with Gasteiger partial charge in [-0.1, -0.05) is 291 Å². The Labute approximate surface area is 399 Å². The monoisotopic (exact) mass is 905 g/mol. The summed E-state index contributed by atoms with van der Waals surface area (Å²) in [4.78, 5) is 38.1. The molecule has 6 heteroatoms. The zero-order chi connectivity index (χ0) is 46.7. The predicted molar refractivity (Wildman–Crippen MR) is 275 cm³/mol. The Kier molecular flexibility index (Phi) is 51.1. The number of hydrogen-bond acceptors (Lipinski definition) is 6. The van der Waals surface area contributed by atoms with Gasteiger partial charge in [-0.05, 0) is 25.2 Å². The molecule has 0 aliphatic heterocycles. The van der Waals surface area contributed by atoms with Crippen LogP contribution in [0.2, 0.25) is 0 Å². The van der Waals surface area contributed by atoms with E-state index in [2.05, 4.69) is 27.7 Å². The van der Waals surface area contributed by atoms with Crippen LogP contribution in [0.25, 0.3) is 0 Å². The first-order valence-electron chi connectivity index (χ1n) is 28.9. The van der Waals surface area contributed by atoms with E-state index in [9.17, 15) is 14.4 Å². The number of ether oxygens (including phenoxy) is 3. The summed E-state index contributed by atoms with van der Waals surface area (Å²) in [5, 5.41) is 0. The quantitative estimate of drug-likeness (QED) is 0.0344. The minimum absolute atomic E-state index is 0.0621. The second-order valence-corrected chi connectivity index (χ2v) is 20.2. The molecule has 0 N–H and O–H groups in total. The first-order valence-corrected chi connectivity index (χ1v) is 28.9. The van der Waals surface area contributed by atoms with Crippen LogP contribution >= 0.6 is 0 Å². The van der Waals surface area contributed by atoms with E-state index >= 15 is 0 Å². The molecule has 6 nitrogen and oxygen atoms in total. The fourth-order valence-corrected chi connectivity index (χ4v) is 8.89. The van der Waals surface area contributed by atoms with Gasteiger partial charge >= 0.3 is 17.9 Å². The lowest BCUT2D eigenvalue weighted by Crippen LogP contribution is -2.30. The Morgan fingerprint density at radius 3 is 0.812 bits per heavy atom. The summed E-state index contributed by atoms with van der Waals surface area (Å²) in [5.74, 6) is 0.0313. The third kappa shape index (κ3) is 49.8. The summed E-state index contributed by atoms with van der Waals surface area (Å²) >= 11 is 0. The van der Waals surface area contributed by atoms with Gasteiger partial charge in [0.2, 0.25) is 0 Å². The largest absolute Gasteiger partial charge is 0.462 e. The fourth-order valence-electron chi connectivity index (χ4n) is 8.89. The van der Waals surface area contributed by atoms with Crippen LogP contribution in [0.4, 0.5) is 0 Å². The van der Waals surface area contributed by atoms with Crippen LogP contribution < -0.4 is 0 Å². The van der Waals surface area contributed by atoms with Crippen LogP contribution in [0.1, 0.15) is 329 Å². The summed E-state index contributed by atoms with van der Waals surface area (Å²) in [7, 11) is 0. The van der Waals surface area contributed by atoms with E-state index in [-0.39, 0.29) is 31.1 Å². The molecule has 0 bridgehead atoms. The Bertz CT molecular complexity index is 966. The van der Waals surface area contributed by atoms with E-state index in [1.54, 1.807) is 0 Å². The summed E-state index contributed by atoms with van der Waals surface area (Å²) in [6.07, 6.45) is 56.5. The highest BCUT2D eigenvalue weighted by molar-refractivity contribution is 5.71. The maximum absolute atomic E-state index is 12.8. The summed E-state index contributed by atoms with van der Waals surface area (Å²) in [5.41, 5.74) is 0. The lowest BCUT2D eigenvalue weighted by molar-refractivity contribution is -0.167. The lowest BCUT2D eigenvalue weighted by Gasteiger charge is -2.18. The molecule has 0 amide bonds. The molecule has 64 heavy (non-hydrogen) atoms.